The van der Waals surface area contributed by atoms with E-state index in [0.717, 1.165) is 25.0 Å². The molecule has 0 saturated heterocycles. The van der Waals surface area contributed by atoms with Crippen LogP contribution in [0.25, 0.3) is 0 Å². The highest BCUT2D eigenvalue weighted by molar-refractivity contribution is 6.17. The minimum Gasteiger partial charge on any atom is -0.383 e. The van der Waals surface area contributed by atoms with E-state index >= 15 is 0 Å². The van der Waals surface area contributed by atoms with Gasteiger partial charge in [0.2, 0.25) is 0 Å². The van der Waals surface area contributed by atoms with Gasteiger partial charge < -0.3 is 5.73 Å². The van der Waals surface area contributed by atoms with E-state index in [-0.39, 0.29) is 0 Å². The Morgan fingerprint density at radius 2 is 1.65 bits per heavy atom. The largest absolute Gasteiger partial charge is 0.383 e. The molecule has 0 fully saturated rings. The molecule has 0 radical (unpaired) electrons. The fourth-order valence-electron chi connectivity index (χ4n) is 2.81. The fourth-order valence-corrected chi connectivity index (χ4v) is 2.98. The number of nitrogen functional groups attached to an aromatic ring is 1. The zero-order chi connectivity index (χ0) is 16.7. The molecule has 1 aromatic carbocycles. The standard InChI is InChI=1S/C20H27ClN2/c1-3-4-5-6-19-13-18(15(2)23-20(19)22)12-11-16-7-9-17(14-21)10-8-16/h7-10,13H,3-6,11-12,14H2,1-2H3,(H2,22,23). The summed E-state index contributed by atoms with van der Waals surface area (Å²) in [4.78, 5) is 4.55. The summed E-state index contributed by atoms with van der Waals surface area (Å²) in [7, 11) is 0. The molecule has 23 heavy (non-hydrogen) atoms. The van der Waals surface area contributed by atoms with Crippen LogP contribution in [0.5, 0.6) is 0 Å². The van der Waals surface area contributed by atoms with E-state index < -0.39 is 0 Å². The molecule has 0 aliphatic rings. The molecule has 0 unspecified atom stereocenters. The molecule has 0 aliphatic heterocycles. The van der Waals surface area contributed by atoms with Crippen molar-refractivity contribution in [1.29, 1.82) is 0 Å². The van der Waals surface area contributed by atoms with Crippen LogP contribution < -0.4 is 5.73 Å². The molecular weight excluding hydrogens is 304 g/mol. The van der Waals surface area contributed by atoms with Crippen LogP contribution in [-0.4, -0.2) is 4.98 Å². The van der Waals surface area contributed by atoms with Gasteiger partial charge in [-0.25, -0.2) is 4.98 Å². The van der Waals surface area contributed by atoms with Gasteiger partial charge in [0.15, 0.2) is 0 Å². The van der Waals surface area contributed by atoms with Crippen molar-refractivity contribution in [2.45, 2.75) is 58.3 Å². The number of unbranched alkanes of at least 4 members (excludes halogenated alkanes) is 2. The Morgan fingerprint density at radius 3 is 2.30 bits per heavy atom. The lowest BCUT2D eigenvalue weighted by Crippen LogP contribution is -2.04. The van der Waals surface area contributed by atoms with Crippen molar-refractivity contribution in [2.75, 3.05) is 5.73 Å². The Morgan fingerprint density at radius 1 is 0.957 bits per heavy atom. The monoisotopic (exact) mass is 330 g/mol. The average molecular weight is 331 g/mol. The van der Waals surface area contributed by atoms with Crippen LogP contribution in [0, 0.1) is 6.92 Å². The van der Waals surface area contributed by atoms with E-state index in [2.05, 4.69) is 49.2 Å². The second-order valence-electron chi connectivity index (χ2n) is 6.18. The molecule has 0 bridgehead atoms. The van der Waals surface area contributed by atoms with E-state index in [1.165, 1.54) is 41.5 Å². The molecule has 0 atom stereocenters. The summed E-state index contributed by atoms with van der Waals surface area (Å²) in [6.07, 6.45) is 6.71. The first-order valence-corrected chi connectivity index (χ1v) is 9.06. The van der Waals surface area contributed by atoms with Crippen molar-refractivity contribution in [3.63, 3.8) is 0 Å². The molecule has 3 heteroatoms. The van der Waals surface area contributed by atoms with Crippen LogP contribution >= 0.6 is 11.6 Å². The number of halogens is 1. The van der Waals surface area contributed by atoms with Crippen molar-refractivity contribution in [2.24, 2.45) is 0 Å². The first-order chi connectivity index (χ1) is 11.1. The number of rotatable bonds is 8. The lowest BCUT2D eigenvalue weighted by Gasteiger charge is -2.11. The van der Waals surface area contributed by atoms with Gasteiger partial charge in [0.1, 0.15) is 5.82 Å². The number of benzene rings is 1. The third kappa shape index (κ3) is 5.24. The summed E-state index contributed by atoms with van der Waals surface area (Å²) in [6.45, 7) is 4.27. The summed E-state index contributed by atoms with van der Waals surface area (Å²) in [5.74, 6) is 1.27. The number of hydrogen-bond acceptors (Lipinski definition) is 2. The smallest absolute Gasteiger partial charge is 0.126 e. The maximum Gasteiger partial charge on any atom is 0.126 e. The SMILES string of the molecule is CCCCCc1cc(CCc2ccc(CCl)cc2)c(C)nc1N. The Kier molecular flexibility index (Phi) is 6.91. The van der Waals surface area contributed by atoms with Crippen molar-refractivity contribution < 1.29 is 0 Å². The van der Waals surface area contributed by atoms with Crippen LogP contribution in [0.3, 0.4) is 0 Å². The number of aryl methyl sites for hydroxylation is 4. The predicted octanol–water partition coefficient (Wildman–Crippen LogP) is 5.23. The van der Waals surface area contributed by atoms with Crippen LogP contribution in [0.2, 0.25) is 0 Å². The minimum absolute atomic E-state index is 0.572. The first kappa shape index (κ1) is 17.8. The third-order valence-electron chi connectivity index (χ3n) is 4.34. The number of hydrogen-bond donors (Lipinski definition) is 1. The Balaban J connectivity index is 2.04. The highest BCUT2D eigenvalue weighted by atomic mass is 35.5. The number of alkyl halides is 1. The second-order valence-corrected chi connectivity index (χ2v) is 6.45. The Hall–Kier alpha value is -1.54. The van der Waals surface area contributed by atoms with Gasteiger partial charge in [0.05, 0.1) is 0 Å². The maximum atomic E-state index is 6.09. The average Bonchev–Trinajstić information content (AvgIpc) is 2.56. The third-order valence-corrected chi connectivity index (χ3v) is 4.65. The molecule has 124 valence electrons. The van der Waals surface area contributed by atoms with E-state index in [0.29, 0.717) is 11.7 Å². The van der Waals surface area contributed by atoms with Gasteiger partial charge in [0, 0.05) is 11.6 Å². The van der Waals surface area contributed by atoms with Crippen LogP contribution in [0.1, 0.15) is 54.1 Å². The topological polar surface area (TPSA) is 38.9 Å². The van der Waals surface area contributed by atoms with Gasteiger partial charge in [0.25, 0.3) is 0 Å². The van der Waals surface area contributed by atoms with Gasteiger partial charge >= 0.3 is 0 Å². The van der Waals surface area contributed by atoms with Gasteiger partial charge in [-0.05, 0) is 54.9 Å². The van der Waals surface area contributed by atoms with Gasteiger partial charge in [-0.1, -0.05) is 50.1 Å². The zero-order valence-corrected chi connectivity index (χ0v) is 15.0. The number of aromatic nitrogens is 1. The van der Waals surface area contributed by atoms with Gasteiger partial charge in [-0.15, -0.1) is 11.6 Å². The van der Waals surface area contributed by atoms with Crippen molar-refractivity contribution >= 4 is 17.4 Å². The molecule has 0 amide bonds. The highest BCUT2D eigenvalue weighted by Crippen LogP contribution is 2.19. The van der Waals surface area contributed by atoms with Crippen LogP contribution in [-0.2, 0) is 25.1 Å². The Bertz CT molecular complexity index is 620. The Labute approximate surface area is 145 Å². The zero-order valence-electron chi connectivity index (χ0n) is 14.2. The molecule has 0 spiro atoms. The molecule has 1 aromatic heterocycles. The molecule has 2 aromatic rings. The normalized spacial score (nSPS) is 10.9. The summed E-state index contributed by atoms with van der Waals surface area (Å²) < 4.78 is 0. The first-order valence-electron chi connectivity index (χ1n) is 8.52. The van der Waals surface area contributed by atoms with E-state index in [1.54, 1.807) is 0 Å². The van der Waals surface area contributed by atoms with Crippen molar-refractivity contribution in [3.05, 3.63) is 58.3 Å². The molecule has 1 heterocycles. The lowest BCUT2D eigenvalue weighted by atomic mass is 9.99. The number of pyridine rings is 1. The minimum atomic E-state index is 0.572. The number of nitrogens with zero attached hydrogens (tertiary/aromatic N) is 1. The summed E-state index contributed by atoms with van der Waals surface area (Å²) >= 11 is 5.84. The molecule has 2 rings (SSSR count). The van der Waals surface area contributed by atoms with Gasteiger partial charge in [-0.2, -0.15) is 0 Å². The quantitative estimate of drug-likeness (QED) is 0.531. The van der Waals surface area contributed by atoms with E-state index in [1.807, 2.05) is 0 Å². The highest BCUT2D eigenvalue weighted by Gasteiger charge is 2.07. The molecule has 0 saturated carbocycles. The maximum absolute atomic E-state index is 6.09. The van der Waals surface area contributed by atoms with E-state index in [4.69, 9.17) is 17.3 Å². The van der Waals surface area contributed by atoms with Gasteiger partial charge in [-0.3, -0.25) is 0 Å². The van der Waals surface area contributed by atoms with Crippen LogP contribution in [0.4, 0.5) is 5.82 Å². The second kappa shape index (κ2) is 8.93. The summed E-state index contributed by atoms with van der Waals surface area (Å²) in [5, 5.41) is 0. The summed E-state index contributed by atoms with van der Waals surface area (Å²) in [5.41, 5.74) is 12.2. The molecule has 2 nitrogen and oxygen atoms in total. The molecule has 0 aliphatic carbocycles. The lowest BCUT2D eigenvalue weighted by molar-refractivity contribution is 0.715. The van der Waals surface area contributed by atoms with E-state index in [9.17, 15) is 0 Å². The summed E-state index contributed by atoms with van der Waals surface area (Å²) in [6, 6.07) is 10.8. The number of nitrogens with two attached hydrogens (primary N) is 1. The predicted molar refractivity (Wildman–Crippen MR) is 100 cm³/mol. The number of anilines is 1. The fraction of sp³-hybridized carbons (Fsp3) is 0.450. The van der Waals surface area contributed by atoms with Crippen molar-refractivity contribution in [3.8, 4) is 0 Å². The molecule has 2 N–H and O–H groups in total. The molecular formula is C20H27ClN2. The van der Waals surface area contributed by atoms with Crippen LogP contribution in [0.15, 0.2) is 30.3 Å². The van der Waals surface area contributed by atoms with Crippen molar-refractivity contribution in [1.82, 2.24) is 4.98 Å².